The lowest BCUT2D eigenvalue weighted by molar-refractivity contribution is -0.135. The Balaban J connectivity index is 1.84. The topological polar surface area (TPSA) is 42.4 Å². The van der Waals surface area contributed by atoms with Crippen molar-refractivity contribution < 1.29 is 9.53 Å². The van der Waals surface area contributed by atoms with Crippen LogP contribution in [-0.4, -0.2) is 42.1 Å². The molecule has 0 aliphatic carbocycles. The number of hydrogen-bond donors (Lipinski definition) is 0. The molecule has 0 bridgehead atoms. The fourth-order valence-corrected chi connectivity index (χ4v) is 3.80. The van der Waals surface area contributed by atoms with E-state index in [1.165, 1.54) is 11.3 Å². The van der Waals surface area contributed by atoms with Gasteiger partial charge in [0.1, 0.15) is 0 Å². The molecule has 21 heavy (non-hydrogen) atoms. The Morgan fingerprint density at radius 3 is 3.10 bits per heavy atom. The van der Waals surface area contributed by atoms with Gasteiger partial charge in [0.05, 0.1) is 11.2 Å². The SMILES string of the molecule is COCCC[C@H]1CCCCN1C(=O)CCc1scnc1C. The molecule has 1 aliphatic heterocycles. The van der Waals surface area contributed by atoms with Crippen LogP contribution in [0.1, 0.15) is 49.1 Å². The van der Waals surface area contributed by atoms with E-state index < -0.39 is 0 Å². The molecule has 2 rings (SSSR count). The van der Waals surface area contributed by atoms with Crippen molar-refractivity contribution >= 4 is 17.2 Å². The van der Waals surface area contributed by atoms with Crippen LogP contribution in [0.3, 0.4) is 0 Å². The van der Waals surface area contributed by atoms with Crippen LogP contribution in [0.4, 0.5) is 0 Å². The second-order valence-electron chi connectivity index (χ2n) is 5.73. The van der Waals surface area contributed by atoms with Gasteiger partial charge in [0, 0.05) is 37.6 Å². The van der Waals surface area contributed by atoms with E-state index in [1.807, 2.05) is 12.4 Å². The number of thiazole rings is 1. The van der Waals surface area contributed by atoms with Crippen LogP contribution in [0.5, 0.6) is 0 Å². The molecular weight excluding hydrogens is 284 g/mol. The van der Waals surface area contributed by atoms with Gasteiger partial charge in [0.2, 0.25) is 5.91 Å². The first-order chi connectivity index (χ1) is 10.2. The van der Waals surface area contributed by atoms with E-state index in [2.05, 4.69) is 9.88 Å². The van der Waals surface area contributed by atoms with Crippen molar-refractivity contribution in [3.05, 3.63) is 16.1 Å². The number of likely N-dealkylation sites (tertiary alicyclic amines) is 1. The van der Waals surface area contributed by atoms with Crippen molar-refractivity contribution in [1.29, 1.82) is 0 Å². The molecule has 0 radical (unpaired) electrons. The first-order valence-electron chi connectivity index (χ1n) is 7.89. The molecule has 1 atom stereocenters. The normalized spacial score (nSPS) is 19.0. The summed E-state index contributed by atoms with van der Waals surface area (Å²) >= 11 is 1.66. The van der Waals surface area contributed by atoms with Crippen molar-refractivity contribution in [3.8, 4) is 0 Å². The summed E-state index contributed by atoms with van der Waals surface area (Å²) in [6.07, 6.45) is 7.09. The van der Waals surface area contributed by atoms with E-state index in [-0.39, 0.29) is 0 Å². The number of rotatable bonds is 7. The fourth-order valence-electron chi connectivity index (χ4n) is 3.02. The molecule has 0 unspecified atom stereocenters. The zero-order valence-corrected chi connectivity index (χ0v) is 14.0. The molecule has 2 heterocycles. The molecule has 118 valence electrons. The molecule has 0 saturated carbocycles. The van der Waals surface area contributed by atoms with Crippen molar-refractivity contribution in [2.24, 2.45) is 0 Å². The number of amides is 1. The summed E-state index contributed by atoms with van der Waals surface area (Å²) < 4.78 is 5.13. The first-order valence-corrected chi connectivity index (χ1v) is 8.77. The minimum absolute atomic E-state index is 0.310. The maximum absolute atomic E-state index is 12.5. The Labute approximate surface area is 131 Å². The van der Waals surface area contributed by atoms with Gasteiger partial charge < -0.3 is 9.64 Å². The quantitative estimate of drug-likeness (QED) is 0.726. The third-order valence-electron chi connectivity index (χ3n) is 4.24. The number of carbonyl (C=O) groups is 1. The molecule has 1 aliphatic rings. The molecule has 0 N–H and O–H groups in total. The van der Waals surface area contributed by atoms with Gasteiger partial charge in [-0.25, -0.2) is 4.98 Å². The second kappa shape index (κ2) is 8.49. The zero-order valence-electron chi connectivity index (χ0n) is 13.1. The lowest BCUT2D eigenvalue weighted by Gasteiger charge is -2.36. The fraction of sp³-hybridized carbons (Fsp3) is 0.750. The van der Waals surface area contributed by atoms with E-state index in [4.69, 9.17) is 4.74 Å². The van der Waals surface area contributed by atoms with Gasteiger partial charge in [-0.3, -0.25) is 4.79 Å². The lowest BCUT2D eigenvalue weighted by Crippen LogP contribution is -2.43. The largest absolute Gasteiger partial charge is 0.385 e. The number of methoxy groups -OCH3 is 1. The van der Waals surface area contributed by atoms with Crippen LogP contribution >= 0.6 is 11.3 Å². The zero-order chi connectivity index (χ0) is 15.1. The Morgan fingerprint density at radius 1 is 1.52 bits per heavy atom. The molecule has 1 fully saturated rings. The molecular formula is C16H26N2O2S. The summed E-state index contributed by atoms with van der Waals surface area (Å²) in [6, 6.07) is 0.420. The Morgan fingerprint density at radius 2 is 2.38 bits per heavy atom. The van der Waals surface area contributed by atoms with Crippen molar-refractivity contribution in [1.82, 2.24) is 9.88 Å². The van der Waals surface area contributed by atoms with Gasteiger partial charge in [0.25, 0.3) is 0 Å². The molecule has 0 aromatic carbocycles. The summed E-state index contributed by atoms with van der Waals surface area (Å²) in [5.74, 6) is 0.310. The minimum Gasteiger partial charge on any atom is -0.385 e. The minimum atomic E-state index is 0.310. The number of carbonyl (C=O) groups excluding carboxylic acids is 1. The van der Waals surface area contributed by atoms with E-state index >= 15 is 0 Å². The van der Waals surface area contributed by atoms with Gasteiger partial charge in [-0.05, 0) is 45.4 Å². The highest BCUT2D eigenvalue weighted by Crippen LogP contribution is 2.23. The van der Waals surface area contributed by atoms with Crippen LogP contribution in [-0.2, 0) is 16.0 Å². The van der Waals surface area contributed by atoms with Crippen LogP contribution in [0.25, 0.3) is 0 Å². The highest BCUT2D eigenvalue weighted by atomic mass is 32.1. The third-order valence-corrected chi connectivity index (χ3v) is 5.24. The average Bonchev–Trinajstić information content (AvgIpc) is 2.91. The van der Waals surface area contributed by atoms with Gasteiger partial charge in [-0.15, -0.1) is 11.3 Å². The Kier molecular flexibility index (Phi) is 6.64. The van der Waals surface area contributed by atoms with Crippen LogP contribution in [0, 0.1) is 6.92 Å². The maximum atomic E-state index is 12.5. The predicted molar refractivity (Wildman–Crippen MR) is 85.6 cm³/mol. The summed E-state index contributed by atoms with van der Waals surface area (Å²) in [5.41, 5.74) is 2.94. The van der Waals surface area contributed by atoms with Crippen molar-refractivity contribution in [3.63, 3.8) is 0 Å². The lowest BCUT2D eigenvalue weighted by atomic mass is 9.97. The highest BCUT2D eigenvalue weighted by Gasteiger charge is 2.26. The summed E-state index contributed by atoms with van der Waals surface area (Å²) in [4.78, 5) is 20.1. The number of aromatic nitrogens is 1. The number of piperidine rings is 1. The van der Waals surface area contributed by atoms with E-state index in [1.54, 1.807) is 18.4 Å². The third kappa shape index (κ3) is 4.78. The predicted octanol–water partition coefficient (Wildman–Crippen LogP) is 3.19. The summed E-state index contributed by atoms with van der Waals surface area (Å²) in [7, 11) is 1.74. The molecule has 5 heteroatoms. The van der Waals surface area contributed by atoms with E-state index in [0.29, 0.717) is 18.4 Å². The Hall–Kier alpha value is -0.940. The second-order valence-corrected chi connectivity index (χ2v) is 6.67. The summed E-state index contributed by atoms with van der Waals surface area (Å²) in [5, 5.41) is 0. The van der Waals surface area contributed by atoms with Gasteiger partial charge in [-0.1, -0.05) is 0 Å². The van der Waals surface area contributed by atoms with Crippen LogP contribution < -0.4 is 0 Å². The van der Waals surface area contributed by atoms with Crippen molar-refractivity contribution in [2.45, 2.75) is 57.9 Å². The smallest absolute Gasteiger partial charge is 0.223 e. The first kappa shape index (κ1) is 16.4. The number of hydrogen-bond acceptors (Lipinski definition) is 4. The van der Waals surface area contributed by atoms with Crippen LogP contribution in [0.2, 0.25) is 0 Å². The molecule has 0 spiro atoms. The Bertz CT molecular complexity index is 447. The highest BCUT2D eigenvalue weighted by molar-refractivity contribution is 7.09. The number of aryl methyl sites for hydroxylation is 2. The van der Waals surface area contributed by atoms with Gasteiger partial charge >= 0.3 is 0 Å². The van der Waals surface area contributed by atoms with E-state index in [9.17, 15) is 4.79 Å². The van der Waals surface area contributed by atoms with Gasteiger partial charge in [-0.2, -0.15) is 0 Å². The van der Waals surface area contributed by atoms with E-state index in [0.717, 1.165) is 50.9 Å². The standard InChI is InChI=1S/C16H26N2O2S/c1-13-15(21-12-17-13)8-9-16(19)18-10-4-3-6-14(18)7-5-11-20-2/h12,14H,3-11H2,1-2H3/t14-/m1/s1. The van der Waals surface area contributed by atoms with Gasteiger partial charge in [0.15, 0.2) is 0 Å². The monoisotopic (exact) mass is 310 g/mol. The van der Waals surface area contributed by atoms with Crippen molar-refractivity contribution in [2.75, 3.05) is 20.3 Å². The maximum Gasteiger partial charge on any atom is 0.223 e. The molecule has 4 nitrogen and oxygen atoms in total. The number of ether oxygens (including phenoxy) is 1. The molecule has 1 aromatic heterocycles. The number of nitrogens with zero attached hydrogens (tertiary/aromatic N) is 2. The average molecular weight is 310 g/mol. The molecule has 1 aromatic rings. The van der Waals surface area contributed by atoms with Crippen LogP contribution in [0.15, 0.2) is 5.51 Å². The molecule has 1 amide bonds. The molecule has 1 saturated heterocycles. The summed E-state index contributed by atoms with van der Waals surface area (Å²) in [6.45, 7) is 3.74.